The van der Waals surface area contributed by atoms with Gasteiger partial charge in [-0.1, -0.05) is 0 Å². The molecule has 108 valence electrons. The van der Waals surface area contributed by atoms with Gasteiger partial charge in [0.2, 0.25) is 11.9 Å². The number of piperidine rings is 1. The number of hydrogen-bond acceptors (Lipinski definition) is 5. The maximum absolute atomic E-state index is 11.6. The van der Waals surface area contributed by atoms with Gasteiger partial charge in [0, 0.05) is 23.3 Å². The van der Waals surface area contributed by atoms with Gasteiger partial charge in [-0.05, 0) is 18.2 Å². The smallest absolute Gasteiger partial charge is 0.237 e. The Balaban J connectivity index is 2.44. The number of nitrogens with one attached hydrogen (secondary N) is 1. The molecule has 1 aliphatic rings. The van der Waals surface area contributed by atoms with Crippen LogP contribution in [0.15, 0.2) is 18.2 Å². The number of hydrogen-bond donors (Lipinski definition) is 1. The van der Waals surface area contributed by atoms with Crippen molar-refractivity contribution in [1.82, 2.24) is 5.32 Å². The lowest BCUT2D eigenvalue weighted by Gasteiger charge is -2.28. The fourth-order valence-corrected chi connectivity index (χ4v) is 2.38. The molecule has 0 bridgehead atoms. The van der Waals surface area contributed by atoms with Crippen LogP contribution < -0.4 is 14.8 Å². The van der Waals surface area contributed by atoms with E-state index in [9.17, 15) is 14.9 Å². The van der Waals surface area contributed by atoms with E-state index in [4.69, 9.17) is 9.47 Å². The zero-order chi connectivity index (χ0) is 14.7. The van der Waals surface area contributed by atoms with Crippen LogP contribution in [-0.2, 0) is 4.79 Å². The molecular weight excluding hydrogens is 264 g/mol. The topological polar surface area (TPSA) is 90.7 Å². The van der Waals surface area contributed by atoms with Crippen LogP contribution in [0.1, 0.15) is 24.4 Å². The Labute approximate surface area is 116 Å². The molecule has 2 atom stereocenters. The molecule has 1 saturated heterocycles. The van der Waals surface area contributed by atoms with E-state index in [0.717, 1.165) is 0 Å². The Morgan fingerprint density at radius 3 is 2.70 bits per heavy atom. The van der Waals surface area contributed by atoms with Gasteiger partial charge in [0.25, 0.3) is 0 Å². The van der Waals surface area contributed by atoms with Crippen molar-refractivity contribution in [2.45, 2.75) is 24.9 Å². The van der Waals surface area contributed by atoms with Gasteiger partial charge in [0.05, 0.1) is 14.2 Å². The van der Waals surface area contributed by atoms with Crippen LogP contribution >= 0.6 is 0 Å². The molecular formula is C13H16N2O5. The number of nitrogens with zero attached hydrogens (tertiary/aromatic N) is 1. The largest absolute Gasteiger partial charge is 0.497 e. The predicted molar refractivity (Wildman–Crippen MR) is 70.4 cm³/mol. The van der Waals surface area contributed by atoms with Crippen molar-refractivity contribution < 1.29 is 19.2 Å². The average molecular weight is 280 g/mol. The Morgan fingerprint density at radius 2 is 2.10 bits per heavy atom. The lowest BCUT2D eigenvalue weighted by atomic mass is 9.91. The Morgan fingerprint density at radius 1 is 1.35 bits per heavy atom. The minimum atomic E-state index is -0.867. The molecule has 0 spiro atoms. The van der Waals surface area contributed by atoms with Crippen LogP contribution in [0.3, 0.4) is 0 Å². The molecule has 0 unspecified atom stereocenters. The van der Waals surface area contributed by atoms with E-state index in [2.05, 4.69) is 5.32 Å². The molecule has 7 heteroatoms. The van der Waals surface area contributed by atoms with E-state index >= 15 is 0 Å². The summed E-state index contributed by atoms with van der Waals surface area (Å²) in [7, 11) is 2.99. The van der Waals surface area contributed by atoms with Gasteiger partial charge in [-0.25, -0.2) is 0 Å². The van der Waals surface area contributed by atoms with Gasteiger partial charge >= 0.3 is 0 Å². The van der Waals surface area contributed by atoms with Crippen molar-refractivity contribution in [3.05, 3.63) is 33.9 Å². The second kappa shape index (κ2) is 5.77. The molecule has 1 amide bonds. The lowest BCUT2D eigenvalue weighted by molar-refractivity contribution is -0.529. The van der Waals surface area contributed by atoms with E-state index in [0.29, 0.717) is 17.1 Å². The lowest BCUT2D eigenvalue weighted by Crippen LogP contribution is -2.45. The predicted octanol–water partition coefficient (Wildman–Crippen LogP) is 1.30. The van der Waals surface area contributed by atoms with E-state index in [-0.39, 0.29) is 23.7 Å². The highest BCUT2D eigenvalue weighted by atomic mass is 16.6. The fourth-order valence-electron chi connectivity index (χ4n) is 2.38. The van der Waals surface area contributed by atoms with Crippen molar-refractivity contribution >= 4 is 5.91 Å². The van der Waals surface area contributed by atoms with Crippen molar-refractivity contribution in [3.63, 3.8) is 0 Å². The SMILES string of the molecule is COc1ccc(OC)c([C@@H]2NC(=O)CC[C@@H]2[N+](=O)[O-])c1. The second-order valence-electron chi connectivity index (χ2n) is 4.54. The summed E-state index contributed by atoms with van der Waals surface area (Å²) in [5.41, 5.74) is 0.557. The number of rotatable bonds is 4. The molecule has 1 fully saturated rings. The Bertz CT molecular complexity index is 531. The van der Waals surface area contributed by atoms with Gasteiger partial charge < -0.3 is 14.8 Å². The number of nitro groups is 1. The highest BCUT2D eigenvalue weighted by molar-refractivity contribution is 5.77. The summed E-state index contributed by atoms with van der Waals surface area (Å²) >= 11 is 0. The summed E-state index contributed by atoms with van der Waals surface area (Å²) in [5.74, 6) is 0.852. The average Bonchev–Trinajstić information content (AvgIpc) is 2.46. The van der Waals surface area contributed by atoms with E-state index in [1.54, 1.807) is 18.2 Å². The number of benzene rings is 1. The molecule has 1 aromatic rings. The first kappa shape index (κ1) is 14.1. The number of carbonyl (C=O) groups excluding carboxylic acids is 1. The van der Waals surface area contributed by atoms with Crippen molar-refractivity contribution in [2.24, 2.45) is 0 Å². The third kappa shape index (κ3) is 2.66. The van der Waals surface area contributed by atoms with Crippen molar-refractivity contribution in [3.8, 4) is 11.5 Å². The highest BCUT2D eigenvalue weighted by Gasteiger charge is 2.39. The van der Waals surface area contributed by atoms with E-state index in [1.807, 2.05) is 0 Å². The maximum Gasteiger partial charge on any atom is 0.237 e. The summed E-state index contributed by atoms with van der Waals surface area (Å²) in [5, 5.41) is 13.9. The number of carbonyl (C=O) groups is 1. The third-order valence-electron chi connectivity index (χ3n) is 3.41. The minimum Gasteiger partial charge on any atom is -0.497 e. The van der Waals surface area contributed by atoms with Gasteiger partial charge in [-0.3, -0.25) is 14.9 Å². The molecule has 2 rings (SSSR count). The molecule has 7 nitrogen and oxygen atoms in total. The van der Waals surface area contributed by atoms with Crippen molar-refractivity contribution in [2.75, 3.05) is 14.2 Å². The first-order valence-electron chi connectivity index (χ1n) is 6.21. The van der Waals surface area contributed by atoms with Crippen LogP contribution in [0.5, 0.6) is 11.5 Å². The fraction of sp³-hybridized carbons (Fsp3) is 0.462. The summed E-state index contributed by atoms with van der Waals surface area (Å²) in [6.07, 6.45) is 0.373. The van der Waals surface area contributed by atoms with E-state index in [1.165, 1.54) is 14.2 Å². The van der Waals surface area contributed by atoms with Crippen molar-refractivity contribution in [1.29, 1.82) is 0 Å². The summed E-state index contributed by atoms with van der Waals surface area (Å²) in [4.78, 5) is 22.4. The Hall–Kier alpha value is -2.31. The standard InChI is InChI=1S/C13H16N2O5/c1-19-8-3-5-11(20-2)9(7-8)13-10(15(17)18)4-6-12(16)14-13/h3,5,7,10,13H,4,6H2,1-2H3,(H,14,16)/t10-,13-/m0/s1. The summed E-state index contributed by atoms with van der Waals surface area (Å²) < 4.78 is 10.4. The van der Waals surface area contributed by atoms with Gasteiger partial charge in [0.15, 0.2) is 0 Å². The van der Waals surface area contributed by atoms with E-state index < -0.39 is 12.1 Å². The van der Waals surface area contributed by atoms with Crippen LogP contribution in [0.4, 0.5) is 0 Å². The second-order valence-corrected chi connectivity index (χ2v) is 4.54. The van der Waals surface area contributed by atoms with Gasteiger partial charge in [-0.15, -0.1) is 0 Å². The maximum atomic E-state index is 11.6. The number of ether oxygens (including phenoxy) is 2. The first-order chi connectivity index (χ1) is 9.56. The summed E-state index contributed by atoms with van der Waals surface area (Å²) in [6.45, 7) is 0. The molecule has 1 N–H and O–H groups in total. The molecule has 1 aliphatic heterocycles. The molecule has 1 aromatic carbocycles. The quantitative estimate of drug-likeness (QED) is 0.663. The van der Waals surface area contributed by atoms with Crippen LogP contribution in [-0.4, -0.2) is 31.1 Å². The Kier molecular flexibility index (Phi) is 4.07. The normalized spacial score (nSPS) is 22.0. The van der Waals surface area contributed by atoms with Crippen LogP contribution in [0.2, 0.25) is 0 Å². The monoisotopic (exact) mass is 280 g/mol. The number of amides is 1. The molecule has 1 heterocycles. The highest BCUT2D eigenvalue weighted by Crippen LogP contribution is 2.34. The zero-order valence-corrected chi connectivity index (χ0v) is 11.3. The molecule has 0 saturated carbocycles. The number of methoxy groups -OCH3 is 2. The van der Waals surface area contributed by atoms with Crippen LogP contribution in [0, 0.1) is 10.1 Å². The molecule has 0 radical (unpaired) electrons. The van der Waals surface area contributed by atoms with Gasteiger partial charge in [0.1, 0.15) is 17.5 Å². The zero-order valence-electron chi connectivity index (χ0n) is 11.3. The molecule has 0 aliphatic carbocycles. The molecule has 20 heavy (non-hydrogen) atoms. The summed E-state index contributed by atoms with van der Waals surface area (Å²) in [6, 6.07) is 3.45. The first-order valence-corrected chi connectivity index (χ1v) is 6.21. The van der Waals surface area contributed by atoms with Gasteiger partial charge in [-0.2, -0.15) is 0 Å². The van der Waals surface area contributed by atoms with Crippen LogP contribution in [0.25, 0.3) is 0 Å². The molecule has 0 aromatic heterocycles. The third-order valence-corrected chi connectivity index (χ3v) is 3.41. The minimum absolute atomic E-state index is 0.161.